The van der Waals surface area contributed by atoms with Crippen LogP contribution in [0.2, 0.25) is 0 Å². The monoisotopic (exact) mass is 426 g/mol. The molecule has 1 amide bonds. The summed E-state index contributed by atoms with van der Waals surface area (Å²) < 4.78 is 11.4. The van der Waals surface area contributed by atoms with Crippen LogP contribution >= 0.6 is 0 Å². The van der Waals surface area contributed by atoms with E-state index in [1.54, 1.807) is 43.3 Å². The van der Waals surface area contributed by atoms with Crippen molar-refractivity contribution in [1.82, 2.24) is 9.80 Å². The molecule has 1 aliphatic rings. The van der Waals surface area contributed by atoms with Gasteiger partial charge in [-0.05, 0) is 76.8 Å². The Labute approximate surface area is 182 Å². The Morgan fingerprint density at radius 2 is 1.87 bits per heavy atom. The van der Waals surface area contributed by atoms with Crippen molar-refractivity contribution in [3.8, 4) is 5.75 Å². The lowest BCUT2D eigenvalue weighted by molar-refractivity contribution is -0.140. The third-order valence-corrected chi connectivity index (χ3v) is 5.18. The summed E-state index contributed by atoms with van der Waals surface area (Å²) in [5.74, 6) is 0.280. The first-order valence-electron chi connectivity index (χ1n) is 10.6. The Hall–Kier alpha value is -3.06. The van der Waals surface area contributed by atoms with Gasteiger partial charge in [0.25, 0.3) is 11.7 Å². The van der Waals surface area contributed by atoms with Gasteiger partial charge in [0.1, 0.15) is 29.1 Å². The van der Waals surface area contributed by atoms with Gasteiger partial charge >= 0.3 is 0 Å². The van der Waals surface area contributed by atoms with Crippen molar-refractivity contribution in [2.75, 3.05) is 33.8 Å². The number of benzene rings is 1. The van der Waals surface area contributed by atoms with Crippen molar-refractivity contribution < 1.29 is 23.8 Å². The number of nitrogens with zero attached hydrogens (tertiary/aromatic N) is 2. The van der Waals surface area contributed by atoms with Crippen LogP contribution in [0.5, 0.6) is 5.75 Å². The number of furan rings is 1. The van der Waals surface area contributed by atoms with Gasteiger partial charge < -0.3 is 24.1 Å². The number of hydrogen-bond donors (Lipinski definition) is 1. The van der Waals surface area contributed by atoms with Gasteiger partial charge in [-0.25, -0.2) is 0 Å². The van der Waals surface area contributed by atoms with Crippen LogP contribution in [-0.2, 0) is 9.59 Å². The van der Waals surface area contributed by atoms with Gasteiger partial charge in [0.15, 0.2) is 0 Å². The number of ether oxygens (including phenoxy) is 1. The molecule has 1 saturated heterocycles. The summed E-state index contributed by atoms with van der Waals surface area (Å²) in [6.45, 7) is 5.58. The molecule has 0 spiro atoms. The Bertz CT molecular complexity index is 959. The number of carbonyl (C=O) groups is 2. The largest absolute Gasteiger partial charge is 0.507 e. The van der Waals surface area contributed by atoms with E-state index in [1.807, 2.05) is 25.9 Å². The summed E-state index contributed by atoms with van der Waals surface area (Å²) in [6, 6.07) is 9.63. The smallest absolute Gasteiger partial charge is 0.295 e. The second-order valence-electron chi connectivity index (χ2n) is 7.97. The molecule has 0 saturated carbocycles. The second kappa shape index (κ2) is 9.83. The molecule has 0 radical (unpaired) electrons. The zero-order valence-electron chi connectivity index (χ0n) is 18.6. The number of amides is 1. The summed E-state index contributed by atoms with van der Waals surface area (Å²) in [5.41, 5.74) is 0.495. The van der Waals surface area contributed by atoms with Crippen molar-refractivity contribution in [2.45, 2.75) is 32.7 Å². The number of rotatable bonds is 9. The number of likely N-dealkylation sites (tertiary alicyclic amines) is 1. The van der Waals surface area contributed by atoms with Crippen LogP contribution in [0, 0.1) is 6.92 Å². The van der Waals surface area contributed by atoms with E-state index in [4.69, 9.17) is 9.15 Å². The lowest BCUT2D eigenvalue weighted by atomic mass is 9.99. The number of carbonyl (C=O) groups excluding carboxylic acids is 2. The van der Waals surface area contributed by atoms with E-state index in [1.165, 1.54) is 4.90 Å². The average Bonchev–Trinajstić information content (AvgIpc) is 3.28. The van der Waals surface area contributed by atoms with Crippen LogP contribution < -0.4 is 4.74 Å². The van der Waals surface area contributed by atoms with E-state index in [-0.39, 0.29) is 11.3 Å². The van der Waals surface area contributed by atoms with Gasteiger partial charge in [-0.15, -0.1) is 0 Å². The highest BCUT2D eigenvalue weighted by molar-refractivity contribution is 6.46. The molecule has 0 bridgehead atoms. The summed E-state index contributed by atoms with van der Waals surface area (Å²) in [5, 5.41) is 11.0. The third-order valence-electron chi connectivity index (χ3n) is 5.18. The van der Waals surface area contributed by atoms with Gasteiger partial charge in [0.05, 0.1) is 12.2 Å². The molecule has 1 aromatic carbocycles. The minimum absolute atomic E-state index is 0.0476. The molecule has 7 heteroatoms. The minimum Gasteiger partial charge on any atom is -0.507 e. The highest BCUT2D eigenvalue weighted by atomic mass is 16.5. The van der Waals surface area contributed by atoms with Crippen LogP contribution in [0.3, 0.4) is 0 Å². The van der Waals surface area contributed by atoms with Crippen LogP contribution in [0.4, 0.5) is 0 Å². The SMILES string of the molecule is CCCOc1ccc(/C(O)=C2\C(=O)C(=O)N(CCCN(C)C)[C@H]2c2ccc(C)o2)cc1. The van der Waals surface area contributed by atoms with E-state index in [0.717, 1.165) is 13.0 Å². The van der Waals surface area contributed by atoms with Crippen LogP contribution in [-0.4, -0.2) is 60.4 Å². The Balaban J connectivity index is 1.98. The number of hydrogen-bond acceptors (Lipinski definition) is 6. The lowest BCUT2D eigenvalue weighted by Gasteiger charge is -2.24. The Morgan fingerprint density at radius 3 is 2.45 bits per heavy atom. The predicted octanol–water partition coefficient (Wildman–Crippen LogP) is 3.75. The molecule has 1 N–H and O–H groups in total. The molecule has 1 aliphatic heterocycles. The van der Waals surface area contributed by atoms with E-state index < -0.39 is 17.7 Å². The molecular formula is C24H30N2O5. The first kappa shape index (κ1) is 22.6. The molecule has 3 rings (SSSR count). The topological polar surface area (TPSA) is 83.2 Å². The van der Waals surface area contributed by atoms with Crippen molar-refractivity contribution in [3.05, 3.63) is 59.1 Å². The van der Waals surface area contributed by atoms with Gasteiger partial charge in [-0.1, -0.05) is 6.92 Å². The molecular weight excluding hydrogens is 396 g/mol. The fourth-order valence-electron chi connectivity index (χ4n) is 3.65. The summed E-state index contributed by atoms with van der Waals surface area (Å²) in [4.78, 5) is 29.3. The zero-order valence-corrected chi connectivity index (χ0v) is 18.6. The van der Waals surface area contributed by atoms with E-state index >= 15 is 0 Å². The maximum Gasteiger partial charge on any atom is 0.295 e. The summed E-state index contributed by atoms with van der Waals surface area (Å²) in [6.07, 6.45) is 1.58. The molecule has 1 atom stereocenters. The number of aliphatic hydroxyl groups excluding tert-OH is 1. The molecule has 0 unspecified atom stereocenters. The number of aryl methyl sites for hydroxylation is 1. The summed E-state index contributed by atoms with van der Waals surface area (Å²) >= 11 is 0. The van der Waals surface area contributed by atoms with Gasteiger partial charge in [0.2, 0.25) is 0 Å². The molecule has 0 aliphatic carbocycles. The Morgan fingerprint density at radius 1 is 1.16 bits per heavy atom. The highest BCUT2D eigenvalue weighted by Gasteiger charge is 2.47. The first-order valence-corrected chi connectivity index (χ1v) is 10.6. The maximum atomic E-state index is 12.9. The normalized spacial score (nSPS) is 18.2. The number of Topliss-reactive ketones (excluding diaryl/α,β-unsaturated/α-hetero) is 1. The predicted molar refractivity (Wildman–Crippen MR) is 118 cm³/mol. The molecule has 166 valence electrons. The molecule has 1 aromatic heterocycles. The molecule has 1 fully saturated rings. The fourth-order valence-corrected chi connectivity index (χ4v) is 3.65. The highest BCUT2D eigenvalue weighted by Crippen LogP contribution is 2.40. The van der Waals surface area contributed by atoms with Crippen molar-refractivity contribution in [3.63, 3.8) is 0 Å². The van der Waals surface area contributed by atoms with Crippen molar-refractivity contribution in [1.29, 1.82) is 0 Å². The van der Waals surface area contributed by atoms with Crippen molar-refractivity contribution >= 4 is 17.4 Å². The zero-order chi connectivity index (χ0) is 22.5. The number of aliphatic hydroxyl groups is 1. The third kappa shape index (κ3) is 4.99. The maximum absolute atomic E-state index is 12.9. The molecule has 31 heavy (non-hydrogen) atoms. The number of ketones is 1. The quantitative estimate of drug-likeness (QED) is 0.374. The second-order valence-corrected chi connectivity index (χ2v) is 7.97. The fraction of sp³-hybridized carbons (Fsp3) is 0.417. The lowest BCUT2D eigenvalue weighted by Crippen LogP contribution is -2.32. The summed E-state index contributed by atoms with van der Waals surface area (Å²) in [7, 11) is 3.91. The molecule has 2 heterocycles. The van der Waals surface area contributed by atoms with Gasteiger partial charge in [0, 0.05) is 12.1 Å². The van der Waals surface area contributed by atoms with Crippen LogP contribution in [0.15, 0.2) is 46.4 Å². The molecule has 2 aromatic rings. The van der Waals surface area contributed by atoms with Crippen LogP contribution in [0.1, 0.15) is 42.9 Å². The van der Waals surface area contributed by atoms with Gasteiger partial charge in [-0.2, -0.15) is 0 Å². The van der Waals surface area contributed by atoms with E-state index in [0.29, 0.717) is 42.4 Å². The van der Waals surface area contributed by atoms with E-state index in [2.05, 4.69) is 0 Å². The Kier molecular flexibility index (Phi) is 7.17. The molecule has 7 nitrogen and oxygen atoms in total. The first-order chi connectivity index (χ1) is 14.8. The standard InChI is InChI=1S/C24H30N2O5/c1-5-15-30-18-10-8-17(9-11-18)22(27)20-21(19-12-7-16(2)31-19)26(24(29)23(20)28)14-6-13-25(3)4/h7-12,21,27H,5-6,13-15H2,1-4H3/b22-20+/t21-/m0/s1. The van der Waals surface area contributed by atoms with Crippen molar-refractivity contribution in [2.24, 2.45) is 0 Å². The minimum atomic E-state index is -0.758. The average molecular weight is 427 g/mol. The van der Waals surface area contributed by atoms with Gasteiger partial charge in [-0.3, -0.25) is 9.59 Å². The van der Waals surface area contributed by atoms with Crippen LogP contribution in [0.25, 0.3) is 5.76 Å². The van der Waals surface area contributed by atoms with E-state index in [9.17, 15) is 14.7 Å².